The molecule has 0 aliphatic carbocycles. The lowest BCUT2D eigenvalue weighted by molar-refractivity contribution is 0.0597. The van der Waals surface area contributed by atoms with Crippen molar-refractivity contribution in [2.75, 3.05) is 24.9 Å². The number of benzene rings is 1. The van der Waals surface area contributed by atoms with Gasteiger partial charge in [-0.05, 0) is 18.2 Å². The number of pyridine rings is 1. The van der Waals surface area contributed by atoms with Crippen LogP contribution in [0.1, 0.15) is 10.4 Å². The van der Waals surface area contributed by atoms with E-state index in [-0.39, 0.29) is 22.0 Å². The number of rotatable bonds is 4. The first-order chi connectivity index (χ1) is 11.0. The fourth-order valence-electron chi connectivity index (χ4n) is 1.79. The molecule has 8 heteroatoms. The summed E-state index contributed by atoms with van der Waals surface area (Å²) in [4.78, 5) is 27.6. The van der Waals surface area contributed by atoms with Gasteiger partial charge in [0.05, 0.1) is 24.9 Å². The Labute approximate surface area is 137 Å². The number of hydrogen-bond donors (Lipinski definition) is 2. The predicted octanol–water partition coefficient (Wildman–Crippen LogP) is 3.17. The average Bonchev–Trinajstić information content (AvgIpc) is 2.56. The SMILES string of the molecule is COC(=O)c1cc(Cl)c(NC(=O)Nc2ccccn2)cc1OC. The van der Waals surface area contributed by atoms with Gasteiger partial charge in [0.15, 0.2) is 0 Å². The molecule has 0 fully saturated rings. The van der Waals surface area contributed by atoms with Crippen LogP contribution >= 0.6 is 11.6 Å². The second kappa shape index (κ2) is 7.46. The van der Waals surface area contributed by atoms with E-state index in [0.717, 1.165) is 0 Å². The highest BCUT2D eigenvalue weighted by atomic mass is 35.5. The third-order valence-corrected chi connectivity index (χ3v) is 3.16. The molecule has 2 aromatic rings. The monoisotopic (exact) mass is 335 g/mol. The lowest BCUT2D eigenvalue weighted by Crippen LogP contribution is -2.20. The van der Waals surface area contributed by atoms with E-state index in [4.69, 9.17) is 16.3 Å². The summed E-state index contributed by atoms with van der Waals surface area (Å²) >= 11 is 6.08. The van der Waals surface area contributed by atoms with Gasteiger partial charge in [0.2, 0.25) is 0 Å². The molecule has 0 aliphatic rings. The fraction of sp³-hybridized carbons (Fsp3) is 0.133. The van der Waals surface area contributed by atoms with E-state index in [2.05, 4.69) is 20.4 Å². The largest absolute Gasteiger partial charge is 0.496 e. The molecule has 0 aliphatic heterocycles. The summed E-state index contributed by atoms with van der Waals surface area (Å²) in [7, 11) is 2.65. The Kier molecular flexibility index (Phi) is 5.37. The number of urea groups is 1. The molecule has 23 heavy (non-hydrogen) atoms. The van der Waals surface area contributed by atoms with Crippen LogP contribution in [0, 0.1) is 0 Å². The maximum Gasteiger partial charge on any atom is 0.341 e. The number of nitrogens with zero attached hydrogens (tertiary/aromatic N) is 1. The molecule has 0 unspecified atom stereocenters. The number of carbonyl (C=O) groups is 2. The Morgan fingerprint density at radius 3 is 2.57 bits per heavy atom. The van der Waals surface area contributed by atoms with Crippen molar-refractivity contribution < 1.29 is 19.1 Å². The molecule has 0 saturated carbocycles. The Morgan fingerprint density at radius 1 is 1.17 bits per heavy atom. The van der Waals surface area contributed by atoms with Crippen molar-refractivity contribution in [1.29, 1.82) is 0 Å². The number of carbonyl (C=O) groups excluding carboxylic acids is 2. The Balaban J connectivity index is 2.19. The van der Waals surface area contributed by atoms with Gasteiger partial charge in [0.1, 0.15) is 17.1 Å². The first-order valence-corrected chi connectivity index (χ1v) is 6.88. The second-order valence-corrected chi connectivity index (χ2v) is 4.73. The number of methoxy groups -OCH3 is 2. The molecule has 0 bridgehead atoms. The Hall–Kier alpha value is -2.80. The van der Waals surface area contributed by atoms with Crippen LogP contribution in [-0.4, -0.2) is 31.2 Å². The van der Waals surface area contributed by atoms with Gasteiger partial charge in [-0.15, -0.1) is 0 Å². The van der Waals surface area contributed by atoms with E-state index in [1.165, 1.54) is 26.4 Å². The molecule has 0 spiro atoms. The van der Waals surface area contributed by atoms with Crippen molar-refractivity contribution in [3.63, 3.8) is 0 Å². The summed E-state index contributed by atoms with van der Waals surface area (Å²) in [5, 5.41) is 5.28. The van der Waals surface area contributed by atoms with Crippen molar-refractivity contribution in [3.05, 3.63) is 47.1 Å². The first kappa shape index (κ1) is 16.6. The molecular formula is C15H14ClN3O4. The van der Waals surface area contributed by atoms with Gasteiger partial charge in [-0.2, -0.15) is 0 Å². The zero-order valence-electron chi connectivity index (χ0n) is 12.4. The predicted molar refractivity (Wildman–Crippen MR) is 86.2 cm³/mol. The van der Waals surface area contributed by atoms with Gasteiger partial charge in [0.25, 0.3) is 0 Å². The molecule has 120 valence electrons. The number of hydrogen-bond acceptors (Lipinski definition) is 5. The number of amides is 2. The Bertz CT molecular complexity index is 722. The van der Waals surface area contributed by atoms with E-state index >= 15 is 0 Å². The molecular weight excluding hydrogens is 322 g/mol. The third-order valence-electron chi connectivity index (χ3n) is 2.85. The highest BCUT2D eigenvalue weighted by Crippen LogP contribution is 2.31. The molecule has 2 rings (SSSR count). The molecule has 0 saturated heterocycles. The van der Waals surface area contributed by atoms with E-state index in [9.17, 15) is 9.59 Å². The van der Waals surface area contributed by atoms with Crippen LogP contribution in [-0.2, 0) is 4.74 Å². The summed E-state index contributed by atoms with van der Waals surface area (Å²) in [6.45, 7) is 0. The lowest BCUT2D eigenvalue weighted by Gasteiger charge is -2.12. The first-order valence-electron chi connectivity index (χ1n) is 6.50. The molecule has 7 nitrogen and oxygen atoms in total. The highest BCUT2D eigenvalue weighted by Gasteiger charge is 2.17. The normalized spacial score (nSPS) is 9.87. The van der Waals surface area contributed by atoms with Crippen LogP contribution in [0.25, 0.3) is 0 Å². The smallest absolute Gasteiger partial charge is 0.341 e. The van der Waals surface area contributed by atoms with Crippen LogP contribution in [0.2, 0.25) is 5.02 Å². The topological polar surface area (TPSA) is 89.5 Å². The quantitative estimate of drug-likeness (QED) is 0.838. The minimum atomic E-state index is -0.590. The summed E-state index contributed by atoms with van der Waals surface area (Å²) in [5.74, 6) is 0.0295. The number of nitrogens with one attached hydrogen (secondary N) is 2. The maximum absolute atomic E-state index is 12.0. The van der Waals surface area contributed by atoms with Gasteiger partial charge in [-0.25, -0.2) is 14.6 Å². The van der Waals surface area contributed by atoms with Crippen molar-refractivity contribution >= 4 is 35.1 Å². The van der Waals surface area contributed by atoms with Gasteiger partial charge in [-0.3, -0.25) is 5.32 Å². The van der Waals surface area contributed by atoms with Gasteiger partial charge in [-0.1, -0.05) is 17.7 Å². The second-order valence-electron chi connectivity index (χ2n) is 4.32. The zero-order valence-corrected chi connectivity index (χ0v) is 13.2. The van der Waals surface area contributed by atoms with Gasteiger partial charge in [0, 0.05) is 12.3 Å². The number of halogens is 1. The van der Waals surface area contributed by atoms with Crippen LogP contribution < -0.4 is 15.4 Å². The van der Waals surface area contributed by atoms with Crippen LogP contribution in [0.5, 0.6) is 5.75 Å². The molecule has 2 amide bonds. The molecule has 1 heterocycles. The van der Waals surface area contributed by atoms with E-state index in [1.54, 1.807) is 24.4 Å². The van der Waals surface area contributed by atoms with Crippen molar-refractivity contribution in [2.45, 2.75) is 0 Å². The van der Waals surface area contributed by atoms with Crippen molar-refractivity contribution in [1.82, 2.24) is 4.98 Å². The van der Waals surface area contributed by atoms with E-state index < -0.39 is 12.0 Å². The van der Waals surface area contributed by atoms with Gasteiger partial charge < -0.3 is 14.8 Å². The lowest BCUT2D eigenvalue weighted by atomic mass is 10.2. The molecule has 0 radical (unpaired) electrons. The minimum Gasteiger partial charge on any atom is -0.496 e. The fourth-order valence-corrected chi connectivity index (χ4v) is 2.01. The molecule has 1 aromatic heterocycles. The third kappa shape index (κ3) is 4.10. The van der Waals surface area contributed by atoms with Crippen LogP contribution in [0.3, 0.4) is 0 Å². The van der Waals surface area contributed by atoms with Crippen molar-refractivity contribution in [3.8, 4) is 5.75 Å². The van der Waals surface area contributed by atoms with Gasteiger partial charge >= 0.3 is 12.0 Å². The van der Waals surface area contributed by atoms with Crippen molar-refractivity contribution in [2.24, 2.45) is 0 Å². The number of ether oxygens (including phenoxy) is 2. The molecule has 0 atom stereocenters. The Morgan fingerprint density at radius 2 is 1.96 bits per heavy atom. The highest BCUT2D eigenvalue weighted by molar-refractivity contribution is 6.34. The maximum atomic E-state index is 12.0. The summed E-state index contributed by atoms with van der Waals surface area (Å²) < 4.78 is 9.77. The number of esters is 1. The van der Waals surface area contributed by atoms with Crippen LogP contribution in [0.4, 0.5) is 16.3 Å². The average molecular weight is 336 g/mol. The minimum absolute atomic E-state index is 0.163. The van der Waals surface area contributed by atoms with E-state index in [0.29, 0.717) is 5.82 Å². The van der Waals surface area contributed by atoms with E-state index in [1.807, 2.05) is 0 Å². The summed E-state index contributed by atoms with van der Waals surface area (Å²) in [6, 6.07) is 7.38. The summed E-state index contributed by atoms with van der Waals surface area (Å²) in [5.41, 5.74) is 0.445. The number of anilines is 2. The van der Waals surface area contributed by atoms with Crippen LogP contribution in [0.15, 0.2) is 36.5 Å². The number of aromatic nitrogens is 1. The zero-order chi connectivity index (χ0) is 16.8. The molecule has 2 N–H and O–H groups in total. The molecule has 1 aromatic carbocycles. The summed E-state index contributed by atoms with van der Waals surface area (Å²) in [6.07, 6.45) is 1.55. The standard InChI is InChI=1S/C15H14ClN3O4/c1-22-12-8-11(10(16)7-9(12)14(20)23-2)18-15(21)19-13-5-3-4-6-17-13/h3-8H,1-2H3,(H2,17,18,19,21).